The van der Waals surface area contributed by atoms with Crippen LogP contribution in [0.15, 0.2) is 23.6 Å². The molecular weight excluding hydrogens is 276 g/mol. The summed E-state index contributed by atoms with van der Waals surface area (Å²) in [5, 5.41) is 4.79. The number of rotatable bonds is 5. The number of hydrogen-bond donors (Lipinski definition) is 0. The lowest BCUT2D eigenvalue weighted by Crippen LogP contribution is -2.08. The van der Waals surface area contributed by atoms with Crippen molar-refractivity contribution >= 4 is 17.7 Å². The van der Waals surface area contributed by atoms with E-state index >= 15 is 0 Å². The van der Waals surface area contributed by atoms with E-state index in [4.69, 9.17) is 4.74 Å². The van der Waals surface area contributed by atoms with Crippen LogP contribution in [0.25, 0.3) is 0 Å². The monoisotopic (exact) mass is 292 g/mol. The lowest BCUT2D eigenvalue weighted by molar-refractivity contribution is 0.0525. The molecule has 0 spiro atoms. The number of carbonyl (C=O) groups is 1. The van der Waals surface area contributed by atoms with Gasteiger partial charge in [0, 0.05) is 24.7 Å². The minimum atomic E-state index is -0.346. The van der Waals surface area contributed by atoms with Crippen molar-refractivity contribution in [2.24, 2.45) is 7.05 Å². The summed E-state index contributed by atoms with van der Waals surface area (Å²) in [6.45, 7) is 4.05. The molecule has 0 radical (unpaired) electrons. The molecule has 106 valence electrons. The molecule has 2 aromatic rings. The van der Waals surface area contributed by atoms with Crippen LogP contribution in [-0.2, 0) is 17.5 Å². The van der Waals surface area contributed by atoms with Crippen molar-refractivity contribution in [2.45, 2.75) is 24.8 Å². The molecule has 0 saturated heterocycles. The fourth-order valence-electron chi connectivity index (χ4n) is 1.64. The van der Waals surface area contributed by atoms with Gasteiger partial charge in [-0.1, -0.05) is 11.8 Å². The summed E-state index contributed by atoms with van der Waals surface area (Å²) in [6, 6.07) is 1.85. The van der Waals surface area contributed by atoms with Crippen LogP contribution in [0, 0.1) is 6.92 Å². The number of ether oxygens (including phenoxy) is 1. The van der Waals surface area contributed by atoms with E-state index < -0.39 is 0 Å². The van der Waals surface area contributed by atoms with E-state index in [-0.39, 0.29) is 5.97 Å². The molecule has 20 heavy (non-hydrogen) atoms. The Balaban J connectivity index is 2.13. The molecular formula is C13H16N4O2S. The van der Waals surface area contributed by atoms with Gasteiger partial charge in [-0.3, -0.25) is 4.68 Å². The predicted octanol–water partition coefficient (Wildman–Crippen LogP) is 1.99. The van der Waals surface area contributed by atoms with Gasteiger partial charge in [0.2, 0.25) is 0 Å². The third kappa shape index (κ3) is 3.36. The maximum absolute atomic E-state index is 11.8. The Kier molecular flexibility index (Phi) is 4.73. The fourth-order valence-corrected chi connectivity index (χ4v) is 2.59. The minimum Gasteiger partial charge on any atom is -0.462 e. The lowest BCUT2D eigenvalue weighted by Gasteiger charge is -2.05. The third-order valence-electron chi connectivity index (χ3n) is 2.67. The highest BCUT2D eigenvalue weighted by Gasteiger charge is 2.17. The van der Waals surface area contributed by atoms with Gasteiger partial charge in [-0.25, -0.2) is 14.8 Å². The van der Waals surface area contributed by atoms with Gasteiger partial charge in [0.1, 0.15) is 5.56 Å². The first-order valence-electron chi connectivity index (χ1n) is 6.22. The Morgan fingerprint density at radius 1 is 1.50 bits per heavy atom. The topological polar surface area (TPSA) is 69.9 Å². The second-order valence-electron chi connectivity index (χ2n) is 4.12. The van der Waals surface area contributed by atoms with Crippen molar-refractivity contribution in [3.05, 3.63) is 35.4 Å². The largest absolute Gasteiger partial charge is 0.462 e. The molecule has 2 aromatic heterocycles. The Morgan fingerprint density at radius 2 is 2.30 bits per heavy atom. The van der Waals surface area contributed by atoms with Crippen molar-refractivity contribution in [3.63, 3.8) is 0 Å². The lowest BCUT2D eigenvalue weighted by atomic mass is 10.3. The fraction of sp³-hybridized carbons (Fsp3) is 0.385. The summed E-state index contributed by atoms with van der Waals surface area (Å²) in [6.07, 6.45) is 3.26. The van der Waals surface area contributed by atoms with Crippen LogP contribution in [-0.4, -0.2) is 32.3 Å². The Labute approximate surface area is 121 Å². The standard InChI is InChI=1S/C13H16N4O2S/c1-4-19-12(18)10-7-15-17(3)11(10)8-20-13-14-6-5-9(2)16-13/h5-7H,4,8H2,1-3H3. The van der Waals surface area contributed by atoms with E-state index in [1.165, 1.54) is 18.0 Å². The first-order chi connectivity index (χ1) is 9.61. The molecule has 0 aliphatic heterocycles. The van der Waals surface area contributed by atoms with Gasteiger partial charge >= 0.3 is 5.97 Å². The number of aryl methyl sites for hydroxylation is 2. The minimum absolute atomic E-state index is 0.346. The predicted molar refractivity (Wildman–Crippen MR) is 75.5 cm³/mol. The van der Waals surface area contributed by atoms with Gasteiger partial charge in [-0.15, -0.1) is 0 Å². The first kappa shape index (κ1) is 14.5. The van der Waals surface area contributed by atoms with Crippen molar-refractivity contribution < 1.29 is 9.53 Å². The zero-order valence-electron chi connectivity index (χ0n) is 11.7. The van der Waals surface area contributed by atoms with Gasteiger partial charge in [0.15, 0.2) is 5.16 Å². The number of nitrogens with zero attached hydrogens (tertiary/aromatic N) is 4. The second-order valence-corrected chi connectivity index (χ2v) is 5.06. The van der Waals surface area contributed by atoms with E-state index in [0.717, 1.165) is 11.4 Å². The average Bonchev–Trinajstić information content (AvgIpc) is 2.78. The van der Waals surface area contributed by atoms with Gasteiger partial charge in [0.25, 0.3) is 0 Å². The van der Waals surface area contributed by atoms with Crippen LogP contribution in [0.5, 0.6) is 0 Å². The zero-order valence-corrected chi connectivity index (χ0v) is 12.5. The molecule has 0 bridgehead atoms. The van der Waals surface area contributed by atoms with Crippen LogP contribution in [0.3, 0.4) is 0 Å². The third-order valence-corrected chi connectivity index (χ3v) is 3.54. The van der Waals surface area contributed by atoms with Crippen molar-refractivity contribution in [1.29, 1.82) is 0 Å². The maximum atomic E-state index is 11.8. The highest BCUT2D eigenvalue weighted by Crippen LogP contribution is 2.21. The maximum Gasteiger partial charge on any atom is 0.341 e. The molecule has 2 heterocycles. The molecule has 0 aliphatic rings. The van der Waals surface area contributed by atoms with Gasteiger partial charge in [-0.05, 0) is 19.9 Å². The van der Waals surface area contributed by atoms with Crippen LogP contribution >= 0.6 is 11.8 Å². The highest BCUT2D eigenvalue weighted by atomic mass is 32.2. The van der Waals surface area contributed by atoms with E-state index in [0.29, 0.717) is 23.1 Å². The number of thioether (sulfide) groups is 1. The quantitative estimate of drug-likeness (QED) is 0.477. The van der Waals surface area contributed by atoms with E-state index in [1.54, 1.807) is 24.9 Å². The van der Waals surface area contributed by atoms with Crippen molar-refractivity contribution in [1.82, 2.24) is 19.7 Å². The Morgan fingerprint density at radius 3 is 3.00 bits per heavy atom. The van der Waals surface area contributed by atoms with E-state index in [2.05, 4.69) is 15.1 Å². The Hall–Kier alpha value is -1.89. The van der Waals surface area contributed by atoms with Gasteiger partial charge in [-0.2, -0.15) is 5.10 Å². The average molecular weight is 292 g/mol. The SMILES string of the molecule is CCOC(=O)c1cnn(C)c1CSc1nccc(C)n1. The first-order valence-corrected chi connectivity index (χ1v) is 7.20. The van der Waals surface area contributed by atoms with Gasteiger partial charge < -0.3 is 4.74 Å². The van der Waals surface area contributed by atoms with Crippen molar-refractivity contribution in [3.8, 4) is 0 Å². The van der Waals surface area contributed by atoms with Crippen molar-refractivity contribution in [2.75, 3.05) is 6.61 Å². The van der Waals surface area contributed by atoms with Crippen LogP contribution in [0.2, 0.25) is 0 Å². The summed E-state index contributed by atoms with van der Waals surface area (Å²) in [7, 11) is 1.80. The molecule has 0 N–H and O–H groups in total. The number of esters is 1. The summed E-state index contributed by atoms with van der Waals surface area (Å²) >= 11 is 1.47. The molecule has 2 rings (SSSR count). The van der Waals surface area contributed by atoms with Gasteiger partial charge in [0.05, 0.1) is 18.5 Å². The van der Waals surface area contributed by atoms with Crippen LogP contribution < -0.4 is 0 Å². The highest BCUT2D eigenvalue weighted by molar-refractivity contribution is 7.98. The van der Waals surface area contributed by atoms with Crippen LogP contribution in [0.4, 0.5) is 0 Å². The summed E-state index contributed by atoms with van der Waals surface area (Å²) < 4.78 is 6.70. The molecule has 0 aromatic carbocycles. The smallest absolute Gasteiger partial charge is 0.341 e. The number of carbonyl (C=O) groups excluding carboxylic acids is 1. The summed E-state index contributed by atoms with van der Waals surface area (Å²) in [4.78, 5) is 20.3. The normalized spacial score (nSPS) is 10.6. The number of aromatic nitrogens is 4. The molecule has 0 fully saturated rings. The molecule has 0 atom stereocenters. The Bertz CT molecular complexity index is 612. The van der Waals surface area contributed by atoms with Crippen LogP contribution in [0.1, 0.15) is 28.7 Å². The molecule has 0 amide bonds. The zero-order chi connectivity index (χ0) is 14.5. The van der Waals surface area contributed by atoms with E-state index in [9.17, 15) is 4.79 Å². The molecule has 7 heteroatoms. The van der Waals surface area contributed by atoms with E-state index in [1.807, 2.05) is 13.0 Å². The molecule has 0 saturated carbocycles. The second kappa shape index (κ2) is 6.51. The molecule has 0 unspecified atom stereocenters. The number of hydrogen-bond acceptors (Lipinski definition) is 6. The molecule has 6 nitrogen and oxygen atoms in total. The molecule has 0 aliphatic carbocycles. The summed E-state index contributed by atoms with van der Waals surface area (Å²) in [5.74, 6) is 0.218. The summed E-state index contributed by atoms with van der Waals surface area (Å²) in [5.41, 5.74) is 2.21.